The van der Waals surface area contributed by atoms with E-state index in [0.29, 0.717) is 18.4 Å². The molecule has 3 aliphatic rings. The second-order valence-electron chi connectivity index (χ2n) is 12.2. The monoisotopic (exact) mass is 430 g/mol. The second-order valence-corrected chi connectivity index (χ2v) is 12.2. The van der Waals surface area contributed by atoms with Gasteiger partial charge in [-0.25, -0.2) is 0 Å². The summed E-state index contributed by atoms with van der Waals surface area (Å²) < 4.78 is 5.82. The number of allylic oxidation sites excluding steroid dienone is 3. The highest BCUT2D eigenvalue weighted by Gasteiger charge is 2.55. The fourth-order valence-corrected chi connectivity index (χ4v) is 7.08. The predicted octanol–water partition coefficient (Wildman–Crippen LogP) is 6.56. The van der Waals surface area contributed by atoms with Gasteiger partial charge in [0.25, 0.3) is 0 Å². The Balaban J connectivity index is 1.71. The summed E-state index contributed by atoms with van der Waals surface area (Å²) in [6, 6.07) is 0. The number of hydrogen-bond donors (Lipinski definition) is 1. The lowest BCUT2D eigenvalue weighted by Gasteiger charge is -2.59. The van der Waals surface area contributed by atoms with Crippen molar-refractivity contribution in [2.75, 3.05) is 6.61 Å². The van der Waals surface area contributed by atoms with Gasteiger partial charge in [-0.2, -0.15) is 0 Å². The van der Waals surface area contributed by atoms with Gasteiger partial charge in [0.05, 0.1) is 19.4 Å². The number of esters is 1. The first-order valence-corrected chi connectivity index (χ1v) is 12.0. The van der Waals surface area contributed by atoms with Crippen LogP contribution in [0, 0.1) is 33.5 Å². The van der Waals surface area contributed by atoms with Gasteiger partial charge in [-0.1, -0.05) is 58.8 Å². The topological polar surface area (TPSA) is 63.6 Å². The van der Waals surface area contributed by atoms with E-state index in [0.717, 1.165) is 19.3 Å². The van der Waals surface area contributed by atoms with Crippen molar-refractivity contribution in [2.24, 2.45) is 33.5 Å². The molecule has 0 amide bonds. The van der Waals surface area contributed by atoms with Crippen LogP contribution in [0.5, 0.6) is 0 Å². The van der Waals surface area contributed by atoms with Crippen molar-refractivity contribution in [3.8, 4) is 0 Å². The Labute approximate surface area is 188 Å². The summed E-state index contributed by atoms with van der Waals surface area (Å²) in [6.45, 7) is 15.3. The molecule has 2 fully saturated rings. The molecule has 31 heavy (non-hydrogen) atoms. The molecule has 0 aromatic rings. The molecule has 0 spiro atoms. The minimum Gasteiger partial charge on any atom is -0.481 e. The lowest BCUT2D eigenvalue weighted by Crippen LogP contribution is -2.51. The van der Waals surface area contributed by atoms with Gasteiger partial charge in [-0.3, -0.25) is 9.59 Å². The number of carboxylic acids is 1. The molecule has 3 aliphatic carbocycles. The summed E-state index contributed by atoms with van der Waals surface area (Å²) in [6.07, 6.45) is 12.9. The van der Waals surface area contributed by atoms with Gasteiger partial charge in [0.2, 0.25) is 0 Å². The van der Waals surface area contributed by atoms with Crippen LogP contribution in [0.15, 0.2) is 24.3 Å². The largest absolute Gasteiger partial charge is 0.481 e. The molecular formula is C27H42O4. The maximum atomic E-state index is 12.6. The predicted molar refractivity (Wildman–Crippen MR) is 124 cm³/mol. The van der Waals surface area contributed by atoms with Crippen LogP contribution in [-0.2, 0) is 14.3 Å². The van der Waals surface area contributed by atoms with Crippen molar-refractivity contribution < 1.29 is 19.4 Å². The maximum absolute atomic E-state index is 12.6. The fraction of sp³-hybridized carbons (Fsp3) is 0.778. The van der Waals surface area contributed by atoms with Gasteiger partial charge in [0.15, 0.2) is 0 Å². The lowest BCUT2D eigenvalue weighted by molar-refractivity contribution is -0.155. The molecule has 0 aliphatic heterocycles. The Kier molecular flexibility index (Phi) is 6.53. The molecular weight excluding hydrogens is 388 g/mol. The van der Waals surface area contributed by atoms with Gasteiger partial charge >= 0.3 is 11.9 Å². The van der Waals surface area contributed by atoms with Crippen LogP contribution in [0.25, 0.3) is 0 Å². The molecule has 4 heteroatoms. The maximum Gasteiger partial charge on any atom is 0.306 e. The van der Waals surface area contributed by atoms with Crippen molar-refractivity contribution in [3.63, 3.8) is 0 Å². The molecule has 1 N–H and O–H groups in total. The molecule has 174 valence electrons. The number of ether oxygens (including phenoxy) is 1. The van der Waals surface area contributed by atoms with E-state index in [2.05, 4.69) is 39.5 Å². The van der Waals surface area contributed by atoms with Crippen molar-refractivity contribution in [1.29, 1.82) is 0 Å². The van der Waals surface area contributed by atoms with Gasteiger partial charge < -0.3 is 9.84 Å². The second kappa shape index (κ2) is 8.41. The smallest absolute Gasteiger partial charge is 0.306 e. The third kappa shape index (κ3) is 4.93. The third-order valence-corrected chi connectivity index (χ3v) is 8.77. The molecule has 0 aromatic heterocycles. The summed E-state index contributed by atoms with van der Waals surface area (Å²) in [4.78, 5) is 23.6. The van der Waals surface area contributed by atoms with E-state index in [1.807, 2.05) is 13.8 Å². The van der Waals surface area contributed by atoms with Gasteiger partial charge in [-0.15, -0.1) is 6.58 Å². The highest BCUT2D eigenvalue weighted by atomic mass is 16.5. The third-order valence-electron chi connectivity index (χ3n) is 8.77. The molecule has 2 saturated carbocycles. The number of aliphatic carboxylic acids is 1. The average molecular weight is 431 g/mol. The summed E-state index contributed by atoms with van der Waals surface area (Å²) in [5, 5.41) is 9.07. The van der Waals surface area contributed by atoms with E-state index in [1.165, 1.54) is 25.7 Å². The van der Waals surface area contributed by atoms with E-state index in [9.17, 15) is 9.59 Å². The normalized spacial score (nSPS) is 37.8. The van der Waals surface area contributed by atoms with Gasteiger partial charge in [0.1, 0.15) is 0 Å². The molecule has 3 rings (SSSR count). The highest BCUT2D eigenvalue weighted by Crippen LogP contribution is 2.63. The molecule has 0 radical (unpaired) electrons. The molecule has 0 bridgehead atoms. The van der Waals surface area contributed by atoms with Crippen molar-refractivity contribution in [1.82, 2.24) is 0 Å². The van der Waals surface area contributed by atoms with Crippen LogP contribution in [0.3, 0.4) is 0 Å². The van der Waals surface area contributed by atoms with E-state index in [-0.39, 0.29) is 35.1 Å². The zero-order chi connectivity index (χ0) is 23.1. The average Bonchev–Trinajstić information content (AvgIpc) is 2.64. The van der Waals surface area contributed by atoms with Gasteiger partial charge in [0, 0.05) is 5.41 Å². The van der Waals surface area contributed by atoms with Crippen LogP contribution >= 0.6 is 0 Å². The van der Waals surface area contributed by atoms with Crippen molar-refractivity contribution in [2.45, 2.75) is 92.4 Å². The first kappa shape index (κ1) is 24.1. The van der Waals surface area contributed by atoms with E-state index in [1.54, 1.807) is 5.57 Å². The minimum absolute atomic E-state index is 0.0232. The fourth-order valence-electron chi connectivity index (χ4n) is 7.08. The Morgan fingerprint density at radius 3 is 2.58 bits per heavy atom. The zero-order valence-electron chi connectivity index (χ0n) is 20.3. The molecule has 0 heterocycles. The molecule has 0 aromatic carbocycles. The Morgan fingerprint density at radius 1 is 1.23 bits per heavy atom. The quantitative estimate of drug-likeness (QED) is 0.367. The zero-order valence-corrected chi connectivity index (χ0v) is 20.3. The summed E-state index contributed by atoms with van der Waals surface area (Å²) in [7, 11) is 0. The van der Waals surface area contributed by atoms with Crippen LogP contribution < -0.4 is 0 Å². The summed E-state index contributed by atoms with van der Waals surface area (Å²) in [5.41, 5.74) is 1.45. The summed E-state index contributed by atoms with van der Waals surface area (Å²) >= 11 is 0. The van der Waals surface area contributed by atoms with Crippen LogP contribution in [0.1, 0.15) is 92.4 Å². The Morgan fingerprint density at radius 2 is 1.94 bits per heavy atom. The van der Waals surface area contributed by atoms with Crippen LogP contribution in [-0.4, -0.2) is 23.7 Å². The molecule has 4 nitrogen and oxygen atoms in total. The van der Waals surface area contributed by atoms with Crippen LogP contribution in [0.4, 0.5) is 0 Å². The molecule has 5 atom stereocenters. The highest BCUT2D eigenvalue weighted by molar-refractivity contribution is 5.73. The number of fused-ring (bicyclic) bond motifs is 3. The first-order chi connectivity index (χ1) is 14.3. The number of carboxylic acid groups (broad SMARTS) is 1. The molecule has 0 saturated heterocycles. The van der Waals surface area contributed by atoms with E-state index in [4.69, 9.17) is 9.84 Å². The van der Waals surface area contributed by atoms with Crippen molar-refractivity contribution >= 4 is 11.9 Å². The summed E-state index contributed by atoms with van der Waals surface area (Å²) in [5.74, 6) is 0.0221. The van der Waals surface area contributed by atoms with Crippen molar-refractivity contribution in [3.05, 3.63) is 24.3 Å². The Bertz CT molecular complexity index is 765. The molecule has 2 unspecified atom stereocenters. The SMILES string of the molecule is C=C[C@]1(C)CC=C2C(CCC3[C@@](C)(COC(=O)CC(C)(C)CC(=O)O)CCC[C@]23C)C1. The van der Waals surface area contributed by atoms with Gasteiger partial charge in [-0.05, 0) is 66.6 Å². The lowest BCUT2D eigenvalue weighted by atomic mass is 9.46. The minimum atomic E-state index is -0.877. The first-order valence-electron chi connectivity index (χ1n) is 12.0. The number of carbonyl (C=O) groups is 2. The van der Waals surface area contributed by atoms with E-state index < -0.39 is 11.4 Å². The van der Waals surface area contributed by atoms with E-state index >= 15 is 0 Å². The number of hydrogen-bond acceptors (Lipinski definition) is 3. The number of carbonyl (C=O) groups excluding carboxylic acids is 1. The Hall–Kier alpha value is -1.58. The standard InChI is InChI=1S/C27H42O4/c1-7-25(4)14-11-20-19(15-25)9-10-21-26(5,12-8-13-27(20,21)6)18-31-23(30)17-24(2,3)16-22(28)29/h7,11,19,21H,1,8-10,12-18H2,2-6H3,(H,28,29)/t19?,21?,25-,26-,27-/m1/s1. The van der Waals surface area contributed by atoms with Crippen LogP contribution in [0.2, 0.25) is 0 Å². The number of rotatable bonds is 7.